The van der Waals surface area contributed by atoms with Crippen LogP contribution in [0.3, 0.4) is 0 Å². The lowest BCUT2D eigenvalue weighted by Gasteiger charge is -2.27. The molecule has 0 aliphatic carbocycles. The van der Waals surface area contributed by atoms with Crippen molar-refractivity contribution in [1.82, 2.24) is 15.5 Å². The van der Waals surface area contributed by atoms with Crippen molar-refractivity contribution in [2.24, 2.45) is 5.92 Å². The molecule has 0 aromatic heterocycles. The summed E-state index contributed by atoms with van der Waals surface area (Å²) in [7, 11) is 0. The van der Waals surface area contributed by atoms with Gasteiger partial charge in [0.1, 0.15) is 0 Å². The highest BCUT2D eigenvalue weighted by molar-refractivity contribution is 5.84. The Hall–Kier alpha value is -1.10. The molecule has 1 atom stereocenters. The van der Waals surface area contributed by atoms with Crippen LogP contribution >= 0.6 is 0 Å². The average Bonchev–Trinajstić information content (AvgIpc) is 2.36. The van der Waals surface area contributed by atoms with Gasteiger partial charge in [-0.3, -0.25) is 9.59 Å². The van der Waals surface area contributed by atoms with E-state index in [2.05, 4.69) is 17.6 Å². The quantitative estimate of drug-likeness (QED) is 0.710. The number of piperazine rings is 1. The molecular weight excluding hydrogens is 218 g/mol. The minimum Gasteiger partial charge on any atom is -0.347 e. The highest BCUT2D eigenvalue weighted by Crippen LogP contribution is 2.05. The number of hydrogen-bond donors (Lipinski definition) is 2. The van der Waals surface area contributed by atoms with E-state index in [4.69, 9.17) is 0 Å². The molecule has 1 saturated heterocycles. The van der Waals surface area contributed by atoms with Crippen LogP contribution in [0, 0.1) is 5.92 Å². The van der Waals surface area contributed by atoms with E-state index in [-0.39, 0.29) is 18.4 Å². The van der Waals surface area contributed by atoms with Crippen molar-refractivity contribution in [3.05, 3.63) is 0 Å². The highest BCUT2D eigenvalue weighted by Gasteiger charge is 2.16. The number of nitrogens with one attached hydrogen (secondary N) is 2. The fourth-order valence-electron chi connectivity index (χ4n) is 1.73. The molecule has 1 unspecified atom stereocenters. The summed E-state index contributed by atoms with van der Waals surface area (Å²) in [4.78, 5) is 25.0. The Morgan fingerprint density at radius 1 is 1.35 bits per heavy atom. The Balaban J connectivity index is 2.20. The van der Waals surface area contributed by atoms with E-state index in [0.29, 0.717) is 12.3 Å². The molecule has 0 aromatic carbocycles. The molecule has 0 radical (unpaired) electrons. The summed E-state index contributed by atoms with van der Waals surface area (Å²) in [6, 6.07) is 0. The van der Waals surface area contributed by atoms with Crippen LogP contribution in [-0.4, -0.2) is 49.4 Å². The van der Waals surface area contributed by atoms with Crippen molar-refractivity contribution in [3.8, 4) is 0 Å². The molecule has 1 heterocycles. The topological polar surface area (TPSA) is 61.4 Å². The summed E-state index contributed by atoms with van der Waals surface area (Å²) in [5.74, 6) is 0.371. The van der Waals surface area contributed by atoms with Gasteiger partial charge in [-0.2, -0.15) is 0 Å². The molecule has 5 heteroatoms. The monoisotopic (exact) mass is 241 g/mol. The molecule has 0 aromatic rings. The standard InChI is InChI=1S/C12H23N3O2/c1-3-10(2)8-11(16)14-9-12(17)15-6-4-13-5-7-15/h10,13H,3-9H2,1-2H3,(H,14,16). The van der Waals surface area contributed by atoms with Gasteiger partial charge in [-0.15, -0.1) is 0 Å². The Labute approximate surface area is 103 Å². The lowest BCUT2D eigenvalue weighted by molar-refractivity contribution is -0.133. The third kappa shape index (κ3) is 5.17. The molecule has 17 heavy (non-hydrogen) atoms. The Morgan fingerprint density at radius 2 is 2.00 bits per heavy atom. The third-order valence-corrected chi connectivity index (χ3v) is 3.14. The minimum atomic E-state index is -0.0252. The zero-order chi connectivity index (χ0) is 12.7. The Morgan fingerprint density at radius 3 is 2.59 bits per heavy atom. The van der Waals surface area contributed by atoms with Crippen LogP contribution < -0.4 is 10.6 Å². The smallest absolute Gasteiger partial charge is 0.242 e. The summed E-state index contributed by atoms with van der Waals surface area (Å²) in [5, 5.41) is 5.88. The maximum absolute atomic E-state index is 11.7. The van der Waals surface area contributed by atoms with Gasteiger partial charge in [-0.05, 0) is 5.92 Å². The van der Waals surface area contributed by atoms with E-state index in [1.165, 1.54) is 0 Å². The van der Waals surface area contributed by atoms with E-state index in [1.807, 2.05) is 6.92 Å². The maximum Gasteiger partial charge on any atom is 0.242 e. The number of hydrogen-bond acceptors (Lipinski definition) is 3. The summed E-state index contributed by atoms with van der Waals surface area (Å²) < 4.78 is 0. The van der Waals surface area contributed by atoms with Crippen LogP contribution in [0.25, 0.3) is 0 Å². The fraction of sp³-hybridized carbons (Fsp3) is 0.833. The van der Waals surface area contributed by atoms with E-state index in [0.717, 1.165) is 32.6 Å². The van der Waals surface area contributed by atoms with Crippen molar-refractivity contribution in [2.75, 3.05) is 32.7 Å². The molecule has 0 bridgehead atoms. The van der Waals surface area contributed by atoms with Crippen LogP contribution in [0.5, 0.6) is 0 Å². The summed E-state index contributed by atoms with van der Waals surface area (Å²) in [6.45, 7) is 7.38. The first-order chi connectivity index (χ1) is 8.13. The van der Waals surface area contributed by atoms with E-state index < -0.39 is 0 Å². The van der Waals surface area contributed by atoms with Crippen LogP contribution in [0.15, 0.2) is 0 Å². The largest absolute Gasteiger partial charge is 0.347 e. The van der Waals surface area contributed by atoms with Crippen LogP contribution in [-0.2, 0) is 9.59 Å². The number of nitrogens with zero attached hydrogens (tertiary/aromatic N) is 1. The number of carbonyl (C=O) groups excluding carboxylic acids is 2. The van der Waals surface area contributed by atoms with Gasteiger partial charge >= 0.3 is 0 Å². The first-order valence-electron chi connectivity index (χ1n) is 6.38. The number of carbonyl (C=O) groups is 2. The molecule has 98 valence electrons. The zero-order valence-electron chi connectivity index (χ0n) is 10.8. The normalized spacial score (nSPS) is 17.6. The van der Waals surface area contributed by atoms with Gasteiger partial charge in [0, 0.05) is 32.6 Å². The van der Waals surface area contributed by atoms with Gasteiger partial charge in [-0.1, -0.05) is 20.3 Å². The van der Waals surface area contributed by atoms with Crippen LogP contribution in [0.1, 0.15) is 26.7 Å². The second-order valence-electron chi connectivity index (χ2n) is 4.63. The van der Waals surface area contributed by atoms with Crippen molar-refractivity contribution >= 4 is 11.8 Å². The van der Waals surface area contributed by atoms with Gasteiger partial charge < -0.3 is 15.5 Å². The molecule has 1 aliphatic rings. The second kappa shape index (κ2) is 7.27. The molecule has 0 spiro atoms. The first-order valence-corrected chi connectivity index (χ1v) is 6.38. The number of rotatable bonds is 5. The summed E-state index contributed by atoms with van der Waals surface area (Å²) >= 11 is 0. The van der Waals surface area contributed by atoms with Crippen molar-refractivity contribution in [2.45, 2.75) is 26.7 Å². The molecule has 1 fully saturated rings. The average molecular weight is 241 g/mol. The van der Waals surface area contributed by atoms with Crippen LogP contribution in [0.4, 0.5) is 0 Å². The lowest BCUT2D eigenvalue weighted by Crippen LogP contribution is -2.49. The summed E-state index contributed by atoms with van der Waals surface area (Å²) in [5.41, 5.74) is 0. The minimum absolute atomic E-state index is 0.0176. The molecule has 0 saturated carbocycles. The molecule has 5 nitrogen and oxygen atoms in total. The zero-order valence-corrected chi connectivity index (χ0v) is 10.8. The third-order valence-electron chi connectivity index (χ3n) is 3.14. The molecule has 2 amide bonds. The molecular formula is C12H23N3O2. The summed E-state index contributed by atoms with van der Waals surface area (Å²) in [6.07, 6.45) is 1.49. The fourth-order valence-corrected chi connectivity index (χ4v) is 1.73. The predicted octanol–water partition coefficient (Wildman–Crippen LogP) is -0.0294. The van der Waals surface area contributed by atoms with Gasteiger partial charge in [0.15, 0.2) is 0 Å². The van der Waals surface area contributed by atoms with Gasteiger partial charge in [0.05, 0.1) is 6.54 Å². The van der Waals surface area contributed by atoms with Crippen molar-refractivity contribution in [1.29, 1.82) is 0 Å². The van der Waals surface area contributed by atoms with Gasteiger partial charge in [-0.25, -0.2) is 0 Å². The Bertz CT molecular complexity index is 262. The number of amides is 2. The lowest BCUT2D eigenvalue weighted by atomic mass is 10.1. The molecule has 2 N–H and O–H groups in total. The second-order valence-corrected chi connectivity index (χ2v) is 4.63. The predicted molar refractivity (Wildman–Crippen MR) is 66.5 cm³/mol. The Kier molecular flexibility index (Phi) is 5.97. The van der Waals surface area contributed by atoms with Gasteiger partial charge in [0.2, 0.25) is 11.8 Å². The van der Waals surface area contributed by atoms with Crippen molar-refractivity contribution < 1.29 is 9.59 Å². The van der Waals surface area contributed by atoms with E-state index in [1.54, 1.807) is 4.90 Å². The van der Waals surface area contributed by atoms with Crippen molar-refractivity contribution in [3.63, 3.8) is 0 Å². The molecule has 1 rings (SSSR count). The maximum atomic E-state index is 11.7. The van der Waals surface area contributed by atoms with Gasteiger partial charge in [0.25, 0.3) is 0 Å². The van der Waals surface area contributed by atoms with E-state index in [9.17, 15) is 9.59 Å². The van der Waals surface area contributed by atoms with Crippen LogP contribution in [0.2, 0.25) is 0 Å². The molecule has 1 aliphatic heterocycles. The highest BCUT2D eigenvalue weighted by atomic mass is 16.2. The first kappa shape index (κ1) is 14.0. The van der Waals surface area contributed by atoms with E-state index >= 15 is 0 Å². The SMILES string of the molecule is CCC(C)CC(=O)NCC(=O)N1CCNCC1.